The quantitative estimate of drug-likeness (QED) is 0.868. The Bertz CT molecular complexity index is 510. The van der Waals surface area contributed by atoms with E-state index in [2.05, 4.69) is 19.2 Å². The zero-order valence-corrected chi connectivity index (χ0v) is 14.1. The Morgan fingerprint density at radius 3 is 2.64 bits per heavy atom. The van der Waals surface area contributed by atoms with Crippen LogP contribution in [-0.2, 0) is 4.79 Å². The lowest BCUT2D eigenvalue weighted by atomic mass is 9.90. The van der Waals surface area contributed by atoms with E-state index >= 15 is 0 Å². The number of benzene rings is 1. The summed E-state index contributed by atoms with van der Waals surface area (Å²) in [5, 5.41) is 3.01. The number of hydrogen-bond donors (Lipinski definition) is 2. The van der Waals surface area contributed by atoms with Gasteiger partial charge in [0.05, 0.1) is 0 Å². The predicted molar refractivity (Wildman–Crippen MR) is 88.7 cm³/mol. The zero-order valence-electron chi connectivity index (χ0n) is 13.3. The van der Waals surface area contributed by atoms with Crippen LogP contribution >= 0.6 is 12.4 Å². The normalized spacial score (nSPS) is 19.0. The molecule has 1 heterocycles. The molecule has 2 unspecified atom stereocenters. The molecule has 2 atom stereocenters. The summed E-state index contributed by atoms with van der Waals surface area (Å²) < 4.78 is 11.3. The lowest BCUT2D eigenvalue weighted by Crippen LogP contribution is -2.57. The Morgan fingerprint density at radius 2 is 2.05 bits per heavy atom. The van der Waals surface area contributed by atoms with Crippen molar-refractivity contribution in [3.8, 4) is 11.5 Å². The van der Waals surface area contributed by atoms with E-state index in [9.17, 15) is 4.79 Å². The number of carbonyl (C=O) groups excluding carboxylic acids is 1. The SMILES string of the molecule is CC(C)CC(C)(CN)NC(=O)C1COc2ccccc2O1.Cl. The largest absolute Gasteiger partial charge is 0.485 e. The van der Waals surface area contributed by atoms with E-state index in [0.29, 0.717) is 24.0 Å². The summed E-state index contributed by atoms with van der Waals surface area (Å²) in [6, 6.07) is 7.35. The van der Waals surface area contributed by atoms with Crippen LogP contribution in [0.4, 0.5) is 0 Å². The summed E-state index contributed by atoms with van der Waals surface area (Å²) in [6.45, 7) is 6.78. The van der Waals surface area contributed by atoms with Gasteiger partial charge in [-0.3, -0.25) is 4.79 Å². The van der Waals surface area contributed by atoms with E-state index in [1.165, 1.54) is 0 Å². The van der Waals surface area contributed by atoms with E-state index in [1.807, 2.05) is 25.1 Å². The average molecular weight is 329 g/mol. The van der Waals surface area contributed by atoms with Crippen molar-refractivity contribution in [1.29, 1.82) is 0 Å². The van der Waals surface area contributed by atoms with Crippen LogP contribution in [0.1, 0.15) is 27.2 Å². The lowest BCUT2D eigenvalue weighted by molar-refractivity contribution is -0.132. The fraction of sp³-hybridized carbons (Fsp3) is 0.562. The molecule has 5 nitrogen and oxygen atoms in total. The van der Waals surface area contributed by atoms with Crippen LogP contribution in [0, 0.1) is 5.92 Å². The number of amides is 1. The number of rotatable bonds is 5. The molecule has 22 heavy (non-hydrogen) atoms. The molecular weight excluding hydrogens is 304 g/mol. The minimum Gasteiger partial charge on any atom is -0.485 e. The van der Waals surface area contributed by atoms with Crippen LogP contribution in [-0.4, -0.2) is 30.7 Å². The van der Waals surface area contributed by atoms with Gasteiger partial charge >= 0.3 is 0 Å². The van der Waals surface area contributed by atoms with Crippen molar-refractivity contribution in [2.45, 2.75) is 38.8 Å². The van der Waals surface area contributed by atoms with Gasteiger partial charge in [0.1, 0.15) is 6.61 Å². The first-order valence-corrected chi connectivity index (χ1v) is 7.34. The van der Waals surface area contributed by atoms with Crippen LogP contribution in [0.25, 0.3) is 0 Å². The number of nitrogens with one attached hydrogen (secondary N) is 1. The van der Waals surface area contributed by atoms with Gasteiger partial charge in [0.25, 0.3) is 5.91 Å². The molecule has 1 aromatic carbocycles. The van der Waals surface area contributed by atoms with E-state index in [4.69, 9.17) is 15.2 Å². The maximum Gasteiger partial charge on any atom is 0.265 e. The monoisotopic (exact) mass is 328 g/mol. The molecule has 3 N–H and O–H groups in total. The molecule has 0 radical (unpaired) electrons. The highest BCUT2D eigenvalue weighted by Gasteiger charge is 2.33. The highest BCUT2D eigenvalue weighted by molar-refractivity contribution is 5.85. The first-order valence-electron chi connectivity index (χ1n) is 7.34. The number of halogens is 1. The van der Waals surface area contributed by atoms with E-state index < -0.39 is 11.6 Å². The Hall–Kier alpha value is -1.46. The van der Waals surface area contributed by atoms with Crippen LogP contribution in [0.15, 0.2) is 24.3 Å². The molecule has 0 aliphatic carbocycles. The number of carbonyl (C=O) groups is 1. The first kappa shape index (κ1) is 18.6. The molecule has 1 aromatic rings. The number of ether oxygens (including phenoxy) is 2. The molecular formula is C16H25ClN2O3. The maximum atomic E-state index is 12.4. The molecule has 1 aliphatic rings. The topological polar surface area (TPSA) is 73.6 Å². The Kier molecular flexibility index (Phi) is 6.50. The second-order valence-electron chi connectivity index (χ2n) is 6.22. The summed E-state index contributed by atoms with van der Waals surface area (Å²) in [7, 11) is 0. The van der Waals surface area contributed by atoms with Crippen LogP contribution in [0.2, 0.25) is 0 Å². The van der Waals surface area contributed by atoms with Crippen molar-refractivity contribution >= 4 is 18.3 Å². The van der Waals surface area contributed by atoms with Crippen LogP contribution in [0.3, 0.4) is 0 Å². The van der Waals surface area contributed by atoms with Crippen molar-refractivity contribution < 1.29 is 14.3 Å². The summed E-state index contributed by atoms with van der Waals surface area (Å²) >= 11 is 0. The highest BCUT2D eigenvalue weighted by Crippen LogP contribution is 2.31. The summed E-state index contributed by atoms with van der Waals surface area (Å²) in [5.74, 6) is 1.54. The van der Waals surface area contributed by atoms with Crippen LogP contribution < -0.4 is 20.5 Å². The van der Waals surface area contributed by atoms with Gasteiger partial charge in [-0.1, -0.05) is 26.0 Å². The minimum atomic E-state index is -0.641. The summed E-state index contributed by atoms with van der Waals surface area (Å²) in [6.07, 6.45) is 0.178. The maximum absolute atomic E-state index is 12.4. The smallest absolute Gasteiger partial charge is 0.265 e. The van der Waals surface area contributed by atoms with Crippen molar-refractivity contribution in [2.75, 3.05) is 13.2 Å². The van der Waals surface area contributed by atoms with E-state index in [1.54, 1.807) is 6.07 Å². The van der Waals surface area contributed by atoms with Gasteiger partial charge in [-0.2, -0.15) is 0 Å². The molecule has 0 saturated carbocycles. The molecule has 2 rings (SSSR count). The van der Waals surface area contributed by atoms with Gasteiger partial charge in [-0.05, 0) is 31.4 Å². The molecule has 0 aromatic heterocycles. The summed E-state index contributed by atoms with van der Waals surface area (Å²) in [5.41, 5.74) is 5.40. The zero-order chi connectivity index (χ0) is 15.5. The fourth-order valence-electron chi connectivity index (χ4n) is 2.61. The van der Waals surface area contributed by atoms with Crippen molar-refractivity contribution in [1.82, 2.24) is 5.32 Å². The first-order chi connectivity index (χ1) is 9.93. The Morgan fingerprint density at radius 1 is 1.41 bits per heavy atom. The third-order valence-electron chi connectivity index (χ3n) is 3.54. The number of hydrogen-bond acceptors (Lipinski definition) is 4. The van der Waals surface area contributed by atoms with Gasteiger partial charge in [0.15, 0.2) is 11.5 Å². The van der Waals surface area contributed by atoms with E-state index in [0.717, 1.165) is 6.42 Å². The minimum absolute atomic E-state index is 0. The molecule has 0 fully saturated rings. The molecule has 6 heteroatoms. The molecule has 1 amide bonds. The van der Waals surface area contributed by atoms with E-state index in [-0.39, 0.29) is 24.9 Å². The van der Waals surface area contributed by atoms with Gasteiger partial charge in [-0.15, -0.1) is 12.4 Å². The van der Waals surface area contributed by atoms with Crippen LogP contribution in [0.5, 0.6) is 11.5 Å². The average Bonchev–Trinajstić information content (AvgIpc) is 2.45. The standard InChI is InChI=1S/C16H24N2O3.ClH/c1-11(2)8-16(3,10-17)18-15(19)14-9-20-12-6-4-5-7-13(12)21-14;/h4-7,11,14H,8-10,17H2,1-3H3,(H,18,19);1H. The van der Waals surface area contributed by atoms with Gasteiger partial charge < -0.3 is 20.5 Å². The molecule has 1 aliphatic heterocycles. The molecule has 124 valence electrons. The van der Waals surface area contributed by atoms with Crippen molar-refractivity contribution in [2.24, 2.45) is 11.7 Å². The van der Waals surface area contributed by atoms with Crippen molar-refractivity contribution in [3.05, 3.63) is 24.3 Å². The molecule has 0 bridgehead atoms. The number of nitrogens with two attached hydrogens (primary N) is 1. The Balaban J connectivity index is 0.00000242. The lowest BCUT2D eigenvalue weighted by Gasteiger charge is -2.34. The summed E-state index contributed by atoms with van der Waals surface area (Å²) in [4.78, 5) is 12.4. The second-order valence-corrected chi connectivity index (χ2v) is 6.22. The number of fused-ring (bicyclic) bond motifs is 1. The van der Waals surface area contributed by atoms with Crippen molar-refractivity contribution in [3.63, 3.8) is 0 Å². The Labute approximate surface area is 138 Å². The van der Waals surface area contributed by atoms with Gasteiger partial charge in [-0.25, -0.2) is 0 Å². The molecule has 0 spiro atoms. The highest BCUT2D eigenvalue weighted by atomic mass is 35.5. The second kappa shape index (κ2) is 7.70. The van der Waals surface area contributed by atoms with Gasteiger partial charge in [0.2, 0.25) is 6.10 Å². The fourth-order valence-corrected chi connectivity index (χ4v) is 2.61. The van der Waals surface area contributed by atoms with Gasteiger partial charge in [0, 0.05) is 12.1 Å². The third kappa shape index (κ3) is 4.52. The third-order valence-corrected chi connectivity index (χ3v) is 3.54. The molecule has 0 saturated heterocycles. The predicted octanol–water partition coefficient (Wildman–Crippen LogP) is 2.13. The number of para-hydroxylation sites is 2.